The maximum absolute atomic E-state index is 13.0. The lowest BCUT2D eigenvalue weighted by Crippen LogP contribution is -2.16. The van der Waals surface area contributed by atoms with Crippen LogP contribution >= 0.6 is 0 Å². The minimum absolute atomic E-state index is 0.243. The van der Waals surface area contributed by atoms with Gasteiger partial charge in [-0.2, -0.15) is 18.4 Å². The Morgan fingerprint density at radius 2 is 1.81 bits per heavy atom. The highest BCUT2D eigenvalue weighted by Gasteiger charge is 2.33. The van der Waals surface area contributed by atoms with Crippen molar-refractivity contribution < 1.29 is 18.0 Å². The van der Waals surface area contributed by atoms with Gasteiger partial charge in [-0.25, -0.2) is 0 Å². The summed E-state index contributed by atoms with van der Waals surface area (Å²) in [7, 11) is 0. The standard InChI is InChI=1S/C19H16F3N3O/c1-12-7-8-16(13(2)9-12)25-18(26)14(10-23)11-24-17-6-4-3-5-15(17)19(20,21)22/h3-9,11,24H,1-2H3,(H,25,26)/b14-11-. The Hall–Kier alpha value is -3.27. The van der Waals surface area contributed by atoms with Crippen molar-refractivity contribution in [3.05, 3.63) is 70.9 Å². The van der Waals surface area contributed by atoms with Gasteiger partial charge in [0, 0.05) is 11.9 Å². The number of alkyl halides is 3. The highest BCUT2D eigenvalue weighted by Crippen LogP contribution is 2.34. The van der Waals surface area contributed by atoms with Gasteiger partial charge in [0.25, 0.3) is 5.91 Å². The number of amides is 1. The normalized spacial score (nSPS) is 11.6. The molecule has 0 aromatic heterocycles. The molecule has 0 unspecified atom stereocenters. The Balaban J connectivity index is 2.21. The van der Waals surface area contributed by atoms with Crippen molar-refractivity contribution in [1.82, 2.24) is 0 Å². The largest absolute Gasteiger partial charge is 0.418 e. The van der Waals surface area contributed by atoms with E-state index in [1.54, 1.807) is 25.1 Å². The van der Waals surface area contributed by atoms with Crippen molar-refractivity contribution in [2.24, 2.45) is 0 Å². The molecule has 0 aliphatic heterocycles. The summed E-state index contributed by atoms with van der Waals surface area (Å²) in [6.07, 6.45) is -3.59. The molecule has 0 saturated carbocycles. The van der Waals surface area contributed by atoms with E-state index in [1.165, 1.54) is 18.2 Å². The Bertz CT molecular complexity index is 896. The smallest absolute Gasteiger partial charge is 0.360 e. The number of hydrogen-bond acceptors (Lipinski definition) is 3. The van der Waals surface area contributed by atoms with E-state index in [0.717, 1.165) is 23.4 Å². The summed E-state index contributed by atoms with van der Waals surface area (Å²) in [6.45, 7) is 3.71. The van der Waals surface area contributed by atoms with E-state index >= 15 is 0 Å². The summed E-state index contributed by atoms with van der Waals surface area (Å²) in [4.78, 5) is 12.2. The van der Waals surface area contributed by atoms with E-state index in [2.05, 4.69) is 10.6 Å². The van der Waals surface area contributed by atoms with Crippen LogP contribution in [-0.4, -0.2) is 5.91 Å². The van der Waals surface area contributed by atoms with Crippen LogP contribution in [0.2, 0.25) is 0 Å². The first-order valence-corrected chi connectivity index (χ1v) is 7.64. The van der Waals surface area contributed by atoms with Crippen LogP contribution in [0, 0.1) is 25.2 Å². The molecule has 0 fully saturated rings. The molecule has 7 heteroatoms. The van der Waals surface area contributed by atoms with E-state index in [0.29, 0.717) is 5.69 Å². The maximum atomic E-state index is 13.0. The van der Waals surface area contributed by atoms with Crippen molar-refractivity contribution in [3.8, 4) is 6.07 Å². The Morgan fingerprint density at radius 1 is 1.12 bits per heavy atom. The molecule has 2 rings (SSSR count). The van der Waals surface area contributed by atoms with Crippen LogP contribution in [0.5, 0.6) is 0 Å². The molecule has 0 spiro atoms. The quantitative estimate of drug-likeness (QED) is 0.610. The number of nitrogens with one attached hydrogen (secondary N) is 2. The first-order chi connectivity index (χ1) is 12.2. The number of para-hydroxylation sites is 1. The molecule has 0 aliphatic carbocycles. The van der Waals surface area contributed by atoms with Crippen LogP contribution in [0.25, 0.3) is 0 Å². The zero-order chi connectivity index (χ0) is 19.3. The van der Waals surface area contributed by atoms with Gasteiger partial charge in [0.05, 0.1) is 11.3 Å². The second-order valence-corrected chi connectivity index (χ2v) is 5.63. The molecule has 0 bridgehead atoms. The van der Waals surface area contributed by atoms with Gasteiger partial charge < -0.3 is 10.6 Å². The number of anilines is 2. The summed E-state index contributed by atoms with van der Waals surface area (Å²) < 4.78 is 38.9. The number of benzene rings is 2. The number of rotatable bonds is 4. The number of hydrogen-bond donors (Lipinski definition) is 2. The summed E-state index contributed by atoms with van der Waals surface area (Å²) in [5.74, 6) is -0.712. The highest BCUT2D eigenvalue weighted by molar-refractivity contribution is 6.07. The van der Waals surface area contributed by atoms with Gasteiger partial charge in [-0.05, 0) is 37.6 Å². The van der Waals surface area contributed by atoms with Gasteiger partial charge in [0.2, 0.25) is 0 Å². The molecule has 0 atom stereocenters. The van der Waals surface area contributed by atoms with Crippen molar-refractivity contribution in [2.75, 3.05) is 10.6 Å². The van der Waals surface area contributed by atoms with Gasteiger partial charge in [0.1, 0.15) is 11.6 Å². The fourth-order valence-corrected chi connectivity index (χ4v) is 2.30. The van der Waals surface area contributed by atoms with E-state index in [-0.39, 0.29) is 11.3 Å². The van der Waals surface area contributed by atoms with E-state index in [4.69, 9.17) is 5.26 Å². The maximum Gasteiger partial charge on any atom is 0.418 e. The van der Waals surface area contributed by atoms with E-state index in [1.807, 2.05) is 13.0 Å². The first-order valence-electron chi connectivity index (χ1n) is 7.64. The minimum Gasteiger partial charge on any atom is -0.360 e. The Kier molecular flexibility index (Phi) is 5.68. The van der Waals surface area contributed by atoms with Crippen LogP contribution in [-0.2, 0) is 11.0 Å². The van der Waals surface area contributed by atoms with Crippen LogP contribution in [0.1, 0.15) is 16.7 Å². The molecular weight excluding hydrogens is 343 g/mol. The molecule has 2 aromatic rings. The van der Waals surface area contributed by atoms with Crippen LogP contribution in [0.15, 0.2) is 54.2 Å². The second-order valence-electron chi connectivity index (χ2n) is 5.63. The Labute approximate surface area is 149 Å². The summed E-state index contributed by atoms with van der Waals surface area (Å²) >= 11 is 0. The van der Waals surface area contributed by atoms with Gasteiger partial charge in [-0.3, -0.25) is 4.79 Å². The van der Waals surface area contributed by atoms with Crippen LogP contribution < -0.4 is 10.6 Å². The molecule has 1 amide bonds. The van der Waals surface area contributed by atoms with E-state index in [9.17, 15) is 18.0 Å². The lowest BCUT2D eigenvalue weighted by atomic mass is 10.1. The monoisotopic (exact) mass is 359 g/mol. The summed E-state index contributed by atoms with van der Waals surface area (Å²) in [5.41, 5.74) is 0.878. The number of halogens is 3. The summed E-state index contributed by atoms with van der Waals surface area (Å²) in [5, 5.41) is 14.1. The average Bonchev–Trinajstić information content (AvgIpc) is 2.57. The number of carbonyl (C=O) groups is 1. The van der Waals surface area contributed by atoms with Crippen molar-refractivity contribution in [3.63, 3.8) is 0 Å². The van der Waals surface area contributed by atoms with Gasteiger partial charge in [-0.1, -0.05) is 29.8 Å². The first kappa shape index (κ1) is 19.1. The third-order valence-electron chi connectivity index (χ3n) is 3.60. The fourth-order valence-electron chi connectivity index (χ4n) is 2.30. The fraction of sp³-hybridized carbons (Fsp3) is 0.158. The van der Waals surface area contributed by atoms with E-state index < -0.39 is 17.6 Å². The third-order valence-corrected chi connectivity index (χ3v) is 3.60. The predicted octanol–water partition coefficient (Wildman–Crippen LogP) is 4.78. The Morgan fingerprint density at radius 3 is 2.42 bits per heavy atom. The molecule has 0 heterocycles. The molecule has 26 heavy (non-hydrogen) atoms. The number of nitriles is 1. The number of aryl methyl sites for hydroxylation is 2. The lowest BCUT2D eigenvalue weighted by Gasteiger charge is -2.12. The summed E-state index contributed by atoms with van der Waals surface area (Å²) in [6, 6.07) is 11.9. The van der Waals surface area contributed by atoms with Crippen molar-refractivity contribution in [2.45, 2.75) is 20.0 Å². The topological polar surface area (TPSA) is 64.9 Å². The zero-order valence-corrected chi connectivity index (χ0v) is 14.1. The van der Waals surface area contributed by atoms with Crippen molar-refractivity contribution >= 4 is 17.3 Å². The van der Waals surface area contributed by atoms with Gasteiger partial charge >= 0.3 is 6.18 Å². The molecular formula is C19H16F3N3O. The molecule has 4 nitrogen and oxygen atoms in total. The molecule has 2 N–H and O–H groups in total. The zero-order valence-electron chi connectivity index (χ0n) is 14.1. The molecule has 0 aliphatic rings. The van der Waals surface area contributed by atoms with Crippen LogP contribution in [0.4, 0.5) is 24.5 Å². The minimum atomic E-state index is -4.55. The third kappa shape index (κ3) is 4.63. The predicted molar refractivity (Wildman–Crippen MR) is 93.3 cm³/mol. The van der Waals surface area contributed by atoms with Gasteiger partial charge in [-0.15, -0.1) is 0 Å². The van der Waals surface area contributed by atoms with Crippen molar-refractivity contribution in [1.29, 1.82) is 5.26 Å². The lowest BCUT2D eigenvalue weighted by molar-refractivity contribution is -0.136. The number of carbonyl (C=O) groups excluding carboxylic acids is 1. The highest BCUT2D eigenvalue weighted by atomic mass is 19.4. The SMILES string of the molecule is Cc1ccc(NC(=O)/C(C#N)=C\Nc2ccccc2C(F)(F)F)c(C)c1. The second kappa shape index (κ2) is 7.74. The molecule has 0 radical (unpaired) electrons. The molecule has 134 valence electrons. The average molecular weight is 359 g/mol. The van der Waals surface area contributed by atoms with Gasteiger partial charge in [0.15, 0.2) is 0 Å². The number of nitrogens with zero attached hydrogens (tertiary/aromatic N) is 1. The van der Waals surface area contributed by atoms with Crippen LogP contribution in [0.3, 0.4) is 0 Å². The molecule has 2 aromatic carbocycles. The molecule has 0 saturated heterocycles.